The van der Waals surface area contributed by atoms with Crippen LogP contribution in [0.3, 0.4) is 0 Å². The second kappa shape index (κ2) is 9.42. The van der Waals surface area contributed by atoms with E-state index in [9.17, 15) is 10.1 Å². The van der Waals surface area contributed by atoms with Gasteiger partial charge in [0.2, 0.25) is 0 Å². The molecule has 0 atom stereocenters. The van der Waals surface area contributed by atoms with E-state index in [1.807, 2.05) is 47.4 Å². The minimum absolute atomic E-state index is 0.106. The lowest BCUT2D eigenvalue weighted by atomic mass is 10.2. The maximum Gasteiger partial charge on any atom is 0.263 e. The molecule has 144 valence electrons. The van der Waals surface area contributed by atoms with Gasteiger partial charge >= 0.3 is 0 Å². The van der Waals surface area contributed by atoms with Crippen molar-refractivity contribution in [3.05, 3.63) is 66.1 Å². The molecular weight excluding hydrogens is 354 g/mol. The summed E-state index contributed by atoms with van der Waals surface area (Å²) in [5.41, 5.74) is 2.05. The molecule has 7 heteroatoms. The molecule has 7 nitrogen and oxygen atoms in total. The minimum Gasteiger partial charge on any atom is -0.495 e. The number of pyridine rings is 1. The Hall–Kier alpha value is -3.53. The fourth-order valence-electron chi connectivity index (χ4n) is 3.08. The fourth-order valence-corrected chi connectivity index (χ4v) is 3.08. The number of rotatable bonds is 6. The van der Waals surface area contributed by atoms with E-state index in [-0.39, 0.29) is 11.5 Å². The number of hydrogen-bond donors (Lipinski definition) is 1. The van der Waals surface area contributed by atoms with Crippen molar-refractivity contribution in [1.82, 2.24) is 15.2 Å². The van der Waals surface area contributed by atoms with Gasteiger partial charge in [-0.05, 0) is 23.8 Å². The highest BCUT2D eigenvalue weighted by molar-refractivity contribution is 5.97. The quantitative estimate of drug-likeness (QED) is 0.612. The molecular formula is C21H23N5O2. The van der Waals surface area contributed by atoms with Gasteiger partial charge in [0, 0.05) is 51.3 Å². The van der Waals surface area contributed by atoms with Crippen molar-refractivity contribution >= 4 is 11.6 Å². The van der Waals surface area contributed by atoms with Gasteiger partial charge in [-0.1, -0.05) is 18.2 Å². The maximum absolute atomic E-state index is 12.3. The molecule has 0 aliphatic carbocycles. The molecule has 1 N–H and O–H groups in total. The predicted molar refractivity (Wildman–Crippen MR) is 107 cm³/mol. The third kappa shape index (κ3) is 4.80. The molecule has 0 radical (unpaired) electrons. The van der Waals surface area contributed by atoms with Crippen molar-refractivity contribution in [2.75, 3.05) is 38.2 Å². The first-order valence-electron chi connectivity index (χ1n) is 9.12. The second-order valence-corrected chi connectivity index (χ2v) is 6.39. The Kier molecular flexibility index (Phi) is 6.47. The number of nitrogens with one attached hydrogen (secondary N) is 1. The van der Waals surface area contributed by atoms with Gasteiger partial charge in [0.05, 0.1) is 12.8 Å². The van der Waals surface area contributed by atoms with Gasteiger partial charge in [0.1, 0.15) is 17.4 Å². The number of piperazine rings is 1. The van der Waals surface area contributed by atoms with E-state index < -0.39 is 0 Å². The van der Waals surface area contributed by atoms with Crippen LogP contribution in [0.2, 0.25) is 0 Å². The average Bonchev–Trinajstić information content (AvgIpc) is 2.77. The van der Waals surface area contributed by atoms with E-state index in [1.54, 1.807) is 25.7 Å². The first-order valence-corrected chi connectivity index (χ1v) is 9.12. The number of nitrogens with zero attached hydrogens (tertiary/aromatic N) is 4. The highest BCUT2D eigenvalue weighted by Crippen LogP contribution is 2.28. The van der Waals surface area contributed by atoms with Crippen molar-refractivity contribution in [3.63, 3.8) is 0 Å². The molecule has 1 saturated heterocycles. The van der Waals surface area contributed by atoms with Gasteiger partial charge < -0.3 is 19.9 Å². The van der Waals surface area contributed by atoms with E-state index in [1.165, 1.54) is 0 Å². The number of anilines is 1. The summed E-state index contributed by atoms with van der Waals surface area (Å²) in [5.74, 6) is 0.470. The molecule has 1 aliphatic heterocycles. The summed E-state index contributed by atoms with van der Waals surface area (Å²) in [6.45, 7) is 3.35. The van der Waals surface area contributed by atoms with Crippen LogP contribution >= 0.6 is 0 Å². The molecule has 3 rings (SSSR count). The standard InChI is InChI=1S/C21H23N5O2/c1-28-20-7-3-2-6-19(20)26-11-9-25(10-12-26)16-18(13-22)21(27)24-15-17-5-4-8-23-14-17/h2-8,14,16H,9-12,15H2,1H3,(H,24,27)/b18-16-. The topological polar surface area (TPSA) is 81.5 Å². The minimum atomic E-state index is -0.376. The Morgan fingerprint density at radius 3 is 2.71 bits per heavy atom. The number of carbonyl (C=O) groups excluding carboxylic acids is 1. The van der Waals surface area contributed by atoms with Gasteiger partial charge in [-0.25, -0.2) is 0 Å². The van der Waals surface area contributed by atoms with E-state index in [0.29, 0.717) is 6.54 Å². The SMILES string of the molecule is COc1ccccc1N1CCN(/C=C(/C#N)C(=O)NCc2cccnc2)CC1. The van der Waals surface area contributed by atoms with Crippen LogP contribution < -0.4 is 15.0 Å². The van der Waals surface area contributed by atoms with E-state index in [4.69, 9.17) is 4.74 Å². The lowest BCUT2D eigenvalue weighted by molar-refractivity contribution is -0.117. The molecule has 1 aliphatic rings. The van der Waals surface area contributed by atoms with Gasteiger partial charge in [-0.3, -0.25) is 9.78 Å². The molecule has 0 spiro atoms. The molecule has 1 aromatic carbocycles. The van der Waals surface area contributed by atoms with E-state index >= 15 is 0 Å². The van der Waals surface area contributed by atoms with Crippen molar-refractivity contribution in [1.29, 1.82) is 5.26 Å². The summed E-state index contributed by atoms with van der Waals surface area (Å²) in [7, 11) is 1.67. The van der Waals surface area contributed by atoms with Crippen LogP contribution in [0, 0.1) is 11.3 Å². The Bertz CT molecular complexity index is 868. The van der Waals surface area contributed by atoms with Crippen molar-refractivity contribution in [2.24, 2.45) is 0 Å². The summed E-state index contributed by atoms with van der Waals surface area (Å²) < 4.78 is 5.43. The van der Waals surface area contributed by atoms with Crippen LogP contribution in [0.1, 0.15) is 5.56 Å². The normalized spacial score (nSPS) is 14.4. The first kappa shape index (κ1) is 19.2. The highest BCUT2D eigenvalue weighted by Gasteiger charge is 2.19. The van der Waals surface area contributed by atoms with E-state index in [0.717, 1.165) is 43.2 Å². The molecule has 1 fully saturated rings. The van der Waals surface area contributed by atoms with Crippen LogP contribution in [-0.4, -0.2) is 49.1 Å². The summed E-state index contributed by atoms with van der Waals surface area (Å²) >= 11 is 0. The highest BCUT2D eigenvalue weighted by atomic mass is 16.5. The van der Waals surface area contributed by atoms with Crippen LogP contribution in [-0.2, 0) is 11.3 Å². The van der Waals surface area contributed by atoms with Crippen LogP contribution in [0.5, 0.6) is 5.75 Å². The largest absolute Gasteiger partial charge is 0.495 e. The molecule has 0 bridgehead atoms. The van der Waals surface area contributed by atoms with Gasteiger partial charge in [-0.2, -0.15) is 5.26 Å². The number of amides is 1. The zero-order valence-corrected chi connectivity index (χ0v) is 15.8. The number of para-hydroxylation sites is 2. The van der Waals surface area contributed by atoms with Crippen LogP contribution in [0.15, 0.2) is 60.6 Å². The number of methoxy groups -OCH3 is 1. The lowest BCUT2D eigenvalue weighted by Gasteiger charge is -2.36. The number of carbonyl (C=O) groups is 1. The maximum atomic E-state index is 12.3. The van der Waals surface area contributed by atoms with E-state index in [2.05, 4.69) is 15.2 Å². The third-order valence-electron chi connectivity index (χ3n) is 4.59. The van der Waals surface area contributed by atoms with Crippen molar-refractivity contribution < 1.29 is 9.53 Å². The molecule has 2 heterocycles. The predicted octanol–water partition coefficient (Wildman–Crippen LogP) is 1.94. The summed E-state index contributed by atoms with van der Waals surface area (Å²) in [5, 5.41) is 12.1. The summed E-state index contributed by atoms with van der Waals surface area (Å²) in [6, 6.07) is 13.6. The number of ether oxygens (including phenoxy) is 1. The fraction of sp³-hybridized carbons (Fsp3) is 0.286. The third-order valence-corrected chi connectivity index (χ3v) is 4.59. The molecule has 1 amide bonds. The first-order chi connectivity index (χ1) is 13.7. The monoisotopic (exact) mass is 377 g/mol. The number of nitriles is 1. The smallest absolute Gasteiger partial charge is 0.263 e. The molecule has 0 unspecified atom stereocenters. The average molecular weight is 377 g/mol. The number of aromatic nitrogens is 1. The number of hydrogen-bond acceptors (Lipinski definition) is 6. The second-order valence-electron chi connectivity index (χ2n) is 6.39. The zero-order valence-electron chi connectivity index (χ0n) is 15.8. The lowest BCUT2D eigenvalue weighted by Crippen LogP contribution is -2.44. The summed E-state index contributed by atoms with van der Waals surface area (Å²) in [4.78, 5) is 20.6. The zero-order chi connectivity index (χ0) is 19.8. The summed E-state index contributed by atoms with van der Waals surface area (Å²) in [6.07, 6.45) is 5.02. The van der Waals surface area contributed by atoms with Gasteiger partial charge in [0.25, 0.3) is 5.91 Å². The Morgan fingerprint density at radius 2 is 2.04 bits per heavy atom. The molecule has 28 heavy (non-hydrogen) atoms. The van der Waals surface area contributed by atoms with Crippen LogP contribution in [0.4, 0.5) is 5.69 Å². The Morgan fingerprint density at radius 1 is 1.25 bits per heavy atom. The Balaban J connectivity index is 1.57. The molecule has 1 aromatic heterocycles. The molecule has 2 aromatic rings. The van der Waals surface area contributed by atoms with Crippen LogP contribution in [0.25, 0.3) is 0 Å². The Labute approximate surface area is 164 Å². The molecule has 0 saturated carbocycles. The van der Waals surface area contributed by atoms with Gasteiger partial charge in [0.15, 0.2) is 0 Å². The number of benzene rings is 1. The van der Waals surface area contributed by atoms with Crippen molar-refractivity contribution in [2.45, 2.75) is 6.54 Å². The van der Waals surface area contributed by atoms with Crippen molar-refractivity contribution in [3.8, 4) is 11.8 Å². The van der Waals surface area contributed by atoms with Gasteiger partial charge in [-0.15, -0.1) is 0 Å².